The summed E-state index contributed by atoms with van der Waals surface area (Å²) in [7, 11) is 0. The lowest BCUT2D eigenvalue weighted by Crippen LogP contribution is -2.43. The summed E-state index contributed by atoms with van der Waals surface area (Å²) in [5, 5.41) is 3.34. The minimum Gasteiger partial charge on any atom is -0.314 e. The molecular weight excluding hydrogens is 172 g/mol. The minimum absolute atomic E-state index is 1.06. The third-order valence-corrected chi connectivity index (χ3v) is 2.39. The van der Waals surface area contributed by atoms with Gasteiger partial charge in [0.25, 0.3) is 0 Å². The summed E-state index contributed by atoms with van der Waals surface area (Å²) in [4.78, 5) is 2.45. The van der Waals surface area contributed by atoms with E-state index in [-0.39, 0.29) is 0 Å². The number of hydrogen-bond acceptors (Lipinski definition) is 2. The Morgan fingerprint density at radius 1 is 1.43 bits per heavy atom. The molecule has 0 spiro atoms. The molecule has 0 unspecified atom stereocenters. The van der Waals surface area contributed by atoms with E-state index in [4.69, 9.17) is 0 Å². The summed E-state index contributed by atoms with van der Waals surface area (Å²) in [6.45, 7) is 11.4. The first-order valence-corrected chi connectivity index (χ1v) is 5.22. The molecule has 0 aromatic carbocycles. The average Bonchev–Trinajstić information content (AvgIpc) is 2.25. The Kier molecular flexibility index (Phi) is 5.27. The van der Waals surface area contributed by atoms with Crippen molar-refractivity contribution >= 4 is 0 Å². The molecule has 2 nitrogen and oxygen atoms in total. The highest BCUT2D eigenvalue weighted by atomic mass is 15.2. The molecule has 0 aromatic heterocycles. The standard InChI is InChI=1S/C12H20N2/c1-3-12(2)6-4-5-9-14-10-7-13-8-11-14/h3-6,13H,1,7-11H2,2H3/b5-4-,12-6-. The lowest BCUT2D eigenvalue weighted by molar-refractivity contribution is 0.265. The van der Waals surface area contributed by atoms with Gasteiger partial charge in [0.1, 0.15) is 0 Å². The van der Waals surface area contributed by atoms with Gasteiger partial charge in [0, 0.05) is 32.7 Å². The smallest absolute Gasteiger partial charge is 0.0167 e. The van der Waals surface area contributed by atoms with Gasteiger partial charge in [0.05, 0.1) is 0 Å². The van der Waals surface area contributed by atoms with Gasteiger partial charge in [-0.25, -0.2) is 0 Å². The number of allylic oxidation sites excluding steroid dienone is 4. The van der Waals surface area contributed by atoms with Crippen molar-refractivity contribution in [2.24, 2.45) is 0 Å². The van der Waals surface area contributed by atoms with Crippen molar-refractivity contribution in [2.45, 2.75) is 6.92 Å². The molecule has 1 rings (SSSR count). The Bertz CT molecular complexity index is 222. The minimum atomic E-state index is 1.06. The van der Waals surface area contributed by atoms with Gasteiger partial charge >= 0.3 is 0 Å². The molecule has 2 heteroatoms. The van der Waals surface area contributed by atoms with E-state index in [2.05, 4.69) is 41.9 Å². The van der Waals surface area contributed by atoms with Crippen LogP contribution in [-0.4, -0.2) is 37.6 Å². The lowest BCUT2D eigenvalue weighted by atomic mass is 10.2. The molecule has 0 atom stereocenters. The zero-order chi connectivity index (χ0) is 10.2. The Balaban J connectivity index is 2.21. The van der Waals surface area contributed by atoms with Gasteiger partial charge < -0.3 is 5.32 Å². The van der Waals surface area contributed by atoms with E-state index in [0.29, 0.717) is 0 Å². The Labute approximate surface area is 87.0 Å². The van der Waals surface area contributed by atoms with Crippen molar-refractivity contribution in [3.63, 3.8) is 0 Å². The molecule has 0 saturated carbocycles. The molecule has 78 valence electrons. The second-order valence-electron chi connectivity index (χ2n) is 3.59. The highest BCUT2D eigenvalue weighted by molar-refractivity contribution is 5.19. The molecule has 1 aliphatic rings. The summed E-state index contributed by atoms with van der Waals surface area (Å²) in [5.41, 5.74) is 1.21. The molecule has 0 aliphatic carbocycles. The van der Waals surface area contributed by atoms with Gasteiger partial charge in [-0.2, -0.15) is 0 Å². The van der Waals surface area contributed by atoms with Crippen LogP contribution in [-0.2, 0) is 0 Å². The molecule has 0 radical (unpaired) electrons. The zero-order valence-corrected chi connectivity index (χ0v) is 9.00. The first-order chi connectivity index (χ1) is 6.83. The van der Waals surface area contributed by atoms with Gasteiger partial charge in [0.2, 0.25) is 0 Å². The normalized spacial score (nSPS) is 20.2. The van der Waals surface area contributed by atoms with Crippen LogP contribution in [0.1, 0.15) is 6.92 Å². The number of nitrogens with one attached hydrogen (secondary N) is 1. The van der Waals surface area contributed by atoms with E-state index < -0.39 is 0 Å². The van der Waals surface area contributed by atoms with E-state index in [1.807, 2.05) is 6.08 Å². The topological polar surface area (TPSA) is 15.3 Å². The van der Waals surface area contributed by atoms with Crippen molar-refractivity contribution < 1.29 is 0 Å². The molecule has 1 fully saturated rings. The fourth-order valence-corrected chi connectivity index (χ4v) is 1.39. The van der Waals surface area contributed by atoms with Crippen LogP contribution in [0.5, 0.6) is 0 Å². The zero-order valence-electron chi connectivity index (χ0n) is 9.00. The Hall–Kier alpha value is -0.860. The van der Waals surface area contributed by atoms with Gasteiger partial charge in [-0.3, -0.25) is 4.90 Å². The molecule has 0 amide bonds. The first kappa shape index (κ1) is 11.2. The maximum atomic E-state index is 3.71. The molecule has 1 saturated heterocycles. The van der Waals surface area contributed by atoms with E-state index in [9.17, 15) is 0 Å². The Morgan fingerprint density at radius 2 is 2.14 bits per heavy atom. The molecule has 14 heavy (non-hydrogen) atoms. The number of piperazine rings is 1. The van der Waals surface area contributed by atoms with Crippen molar-refractivity contribution in [3.05, 3.63) is 36.5 Å². The van der Waals surface area contributed by atoms with Crippen LogP contribution in [0.15, 0.2) is 36.5 Å². The van der Waals surface area contributed by atoms with Crippen LogP contribution in [0.4, 0.5) is 0 Å². The molecule has 1 heterocycles. The van der Waals surface area contributed by atoms with Crippen LogP contribution in [0.25, 0.3) is 0 Å². The van der Waals surface area contributed by atoms with Crippen molar-refractivity contribution in [3.8, 4) is 0 Å². The van der Waals surface area contributed by atoms with E-state index >= 15 is 0 Å². The summed E-state index contributed by atoms with van der Waals surface area (Å²) < 4.78 is 0. The van der Waals surface area contributed by atoms with E-state index in [1.165, 1.54) is 5.57 Å². The molecule has 1 aliphatic heterocycles. The Morgan fingerprint density at radius 3 is 2.79 bits per heavy atom. The summed E-state index contributed by atoms with van der Waals surface area (Å²) in [6.07, 6.45) is 8.28. The third-order valence-electron chi connectivity index (χ3n) is 2.39. The van der Waals surface area contributed by atoms with Crippen LogP contribution in [0.3, 0.4) is 0 Å². The maximum absolute atomic E-state index is 3.71. The monoisotopic (exact) mass is 192 g/mol. The van der Waals surface area contributed by atoms with Crippen molar-refractivity contribution in [2.75, 3.05) is 32.7 Å². The third kappa shape index (κ3) is 4.40. The van der Waals surface area contributed by atoms with Gasteiger partial charge in [-0.1, -0.05) is 36.5 Å². The predicted molar refractivity (Wildman–Crippen MR) is 62.4 cm³/mol. The highest BCUT2D eigenvalue weighted by Gasteiger charge is 2.05. The summed E-state index contributed by atoms with van der Waals surface area (Å²) in [5.74, 6) is 0. The number of nitrogens with zero attached hydrogens (tertiary/aromatic N) is 1. The maximum Gasteiger partial charge on any atom is 0.0167 e. The van der Waals surface area contributed by atoms with Crippen molar-refractivity contribution in [1.29, 1.82) is 0 Å². The SMILES string of the molecule is C=C/C(C)=C\C=C/CN1CCNCC1. The van der Waals surface area contributed by atoms with Crippen LogP contribution in [0, 0.1) is 0 Å². The predicted octanol–water partition coefficient (Wildman–Crippen LogP) is 1.58. The fraction of sp³-hybridized carbons (Fsp3) is 0.500. The highest BCUT2D eigenvalue weighted by Crippen LogP contribution is 1.95. The van der Waals surface area contributed by atoms with Crippen molar-refractivity contribution in [1.82, 2.24) is 10.2 Å². The number of hydrogen-bond donors (Lipinski definition) is 1. The first-order valence-electron chi connectivity index (χ1n) is 5.22. The molecule has 0 aromatic rings. The van der Waals surface area contributed by atoms with Gasteiger partial charge in [-0.05, 0) is 6.92 Å². The van der Waals surface area contributed by atoms with Crippen LogP contribution in [0.2, 0.25) is 0 Å². The second-order valence-corrected chi connectivity index (χ2v) is 3.59. The lowest BCUT2D eigenvalue weighted by Gasteiger charge is -2.25. The summed E-state index contributed by atoms with van der Waals surface area (Å²) in [6, 6.07) is 0. The van der Waals surface area contributed by atoms with E-state index in [1.54, 1.807) is 0 Å². The van der Waals surface area contributed by atoms with Gasteiger partial charge in [0.15, 0.2) is 0 Å². The van der Waals surface area contributed by atoms with Crippen LogP contribution < -0.4 is 5.32 Å². The summed E-state index contributed by atoms with van der Waals surface area (Å²) >= 11 is 0. The fourth-order valence-electron chi connectivity index (χ4n) is 1.39. The van der Waals surface area contributed by atoms with Gasteiger partial charge in [-0.15, -0.1) is 0 Å². The largest absolute Gasteiger partial charge is 0.314 e. The average molecular weight is 192 g/mol. The molecular formula is C12H20N2. The second kappa shape index (κ2) is 6.57. The number of rotatable bonds is 4. The molecule has 1 N–H and O–H groups in total. The van der Waals surface area contributed by atoms with E-state index in [0.717, 1.165) is 32.7 Å². The van der Waals surface area contributed by atoms with Crippen LogP contribution >= 0.6 is 0 Å². The molecule has 0 bridgehead atoms. The quantitative estimate of drug-likeness (QED) is 0.680.